The predicted octanol–water partition coefficient (Wildman–Crippen LogP) is 4.15. The molecule has 0 radical (unpaired) electrons. The van der Waals surface area contributed by atoms with E-state index in [1.165, 1.54) is 12.1 Å². The van der Waals surface area contributed by atoms with E-state index in [9.17, 15) is 9.59 Å². The first-order valence-electron chi connectivity index (χ1n) is 12.9. The highest BCUT2D eigenvalue weighted by Crippen LogP contribution is 2.50. The third-order valence-corrected chi connectivity index (χ3v) is 5.41. The molecule has 0 bridgehead atoms. The minimum absolute atomic E-state index is 0.0707. The Kier molecular flexibility index (Phi) is 3.86. The van der Waals surface area contributed by atoms with Crippen LogP contribution in [0.2, 0.25) is 0 Å². The second kappa shape index (κ2) is 8.13. The van der Waals surface area contributed by atoms with E-state index in [2.05, 4.69) is 0 Å². The molecule has 2 aromatic rings. The molecule has 0 unspecified atom stereocenters. The normalized spacial score (nSPS) is 19.5. The lowest BCUT2D eigenvalue weighted by molar-refractivity contribution is -0.155. The molecule has 7 heteroatoms. The molecule has 164 valence electrons. The Hall–Kier alpha value is -3.22. The van der Waals surface area contributed by atoms with Crippen LogP contribution in [0.3, 0.4) is 0 Å². The number of hydrogen-bond donors (Lipinski definition) is 0. The van der Waals surface area contributed by atoms with Crippen LogP contribution in [0.25, 0.3) is 11.1 Å². The van der Waals surface area contributed by atoms with Gasteiger partial charge in [0.15, 0.2) is 11.5 Å². The molecule has 1 aliphatic heterocycles. The van der Waals surface area contributed by atoms with Crippen molar-refractivity contribution in [3.63, 3.8) is 0 Å². The van der Waals surface area contributed by atoms with E-state index in [1.54, 1.807) is 32.0 Å². The molecule has 1 fully saturated rings. The van der Waals surface area contributed by atoms with E-state index in [0.717, 1.165) is 0 Å². The zero-order valence-corrected chi connectivity index (χ0v) is 17.2. The van der Waals surface area contributed by atoms with Crippen molar-refractivity contribution in [1.29, 1.82) is 0 Å². The minimum Gasteiger partial charge on any atom is -0.493 e. The number of carbonyl (C=O) groups is 2. The van der Waals surface area contributed by atoms with Gasteiger partial charge in [-0.15, -0.1) is 0 Å². The summed E-state index contributed by atoms with van der Waals surface area (Å²) in [6, 6.07) is 7.64. The summed E-state index contributed by atoms with van der Waals surface area (Å²) in [4.78, 5) is 24.6. The van der Waals surface area contributed by atoms with E-state index in [0.29, 0.717) is 35.1 Å². The number of carbonyl (C=O) groups excluding carboxylic acids is 2. The van der Waals surface area contributed by atoms with Crippen molar-refractivity contribution in [3.05, 3.63) is 41.5 Å². The third kappa shape index (κ3) is 3.92. The summed E-state index contributed by atoms with van der Waals surface area (Å²) in [5, 5.41) is 0. The lowest BCUT2D eigenvalue weighted by atomic mass is 9.99. The first-order chi connectivity index (χ1) is 17.2. The zero-order chi connectivity index (χ0) is 27.2. The average molecular weight is 433 g/mol. The van der Waals surface area contributed by atoms with Gasteiger partial charge in [-0.3, -0.25) is 4.79 Å². The van der Waals surface area contributed by atoms with E-state index in [-0.39, 0.29) is 30.8 Å². The maximum Gasteiger partial charge on any atom is 0.338 e. The first-order valence-corrected chi connectivity index (χ1v) is 9.87. The van der Waals surface area contributed by atoms with Crippen molar-refractivity contribution in [2.75, 3.05) is 20.7 Å². The van der Waals surface area contributed by atoms with Crippen LogP contribution < -0.4 is 14.2 Å². The third-order valence-electron chi connectivity index (χ3n) is 5.41. The van der Waals surface area contributed by atoms with Gasteiger partial charge in [-0.05, 0) is 56.5 Å². The summed E-state index contributed by atoms with van der Waals surface area (Å²) in [5.41, 5.74) is 0.970. The fourth-order valence-corrected chi connectivity index (χ4v) is 3.50. The van der Waals surface area contributed by atoms with Crippen LogP contribution in [0.4, 0.5) is 0 Å². The van der Waals surface area contributed by atoms with Gasteiger partial charge in [-0.1, -0.05) is 6.07 Å². The predicted molar refractivity (Wildman–Crippen MR) is 112 cm³/mol. The number of fused-ring (bicyclic) bond motifs is 1. The molecule has 0 N–H and O–H groups in total. The molecule has 0 amide bonds. The summed E-state index contributed by atoms with van der Waals surface area (Å²) in [6.07, 6.45) is 0.683. The number of ether oxygens (including phenoxy) is 5. The molecule has 0 saturated heterocycles. The molecule has 1 aliphatic carbocycles. The number of rotatable bonds is 8. The largest absolute Gasteiger partial charge is 0.493 e. The first kappa shape index (κ1) is 14.7. The van der Waals surface area contributed by atoms with Crippen molar-refractivity contribution in [2.45, 2.75) is 39.4 Å². The lowest BCUT2D eigenvalue weighted by Gasteiger charge is -2.21. The number of hydrogen-bond acceptors (Lipinski definition) is 7. The molecule has 1 saturated carbocycles. The van der Waals surface area contributed by atoms with Crippen molar-refractivity contribution < 1.29 is 41.5 Å². The monoisotopic (exact) mass is 432 g/mol. The van der Waals surface area contributed by atoms with Crippen molar-refractivity contribution in [2.24, 2.45) is 5.41 Å². The number of esters is 2. The highest BCUT2D eigenvalue weighted by atomic mass is 16.6. The topological polar surface area (TPSA) is 80.3 Å². The Bertz CT molecular complexity index is 1220. The Balaban J connectivity index is 1.80. The Morgan fingerprint density at radius 1 is 1.13 bits per heavy atom. The summed E-state index contributed by atoms with van der Waals surface area (Å²) < 4.78 is 72.1. The summed E-state index contributed by atoms with van der Waals surface area (Å²) in [7, 11) is -5.88. The molecular weight excluding hydrogens is 400 g/mol. The SMILES string of the molecule is [2H]C([2H])([2H])Oc1ccc(-c2ccc3c(c2)COC3=O)c(OCC2(C(=O)OC(C)C)CC2)c1OC([2H])([2H])[2H]. The summed E-state index contributed by atoms with van der Waals surface area (Å²) in [5.74, 6) is -1.83. The van der Waals surface area contributed by atoms with Gasteiger partial charge in [0.2, 0.25) is 5.75 Å². The highest BCUT2D eigenvalue weighted by molar-refractivity contribution is 5.94. The van der Waals surface area contributed by atoms with E-state index in [4.69, 9.17) is 31.9 Å². The van der Waals surface area contributed by atoms with Gasteiger partial charge in [-0.2, -0.15) is 0 Å². The van der Waals surface area contributed by atoms with Crippen molar-refractivity contribution in [1.82, 2.24) is 0 Å². The fourth-order valence-electron chi connectivity index (χ4n) is 3.50. The lowest BCUT2D eigenvalue weighted by Crippen LogP contribution is -2.28. The number of cyclic esters (lactones) is 1. The molecular formula is C24H26O7. The molecule has 2 aromatic carbocycles. The molecule has 4 rings (SSSR count). The van der Waals surface area contributed by atoms with Crippen LogP contribution in [-0.4, -0.2) is 38.7 Å². The zero-order valence-electron chi connectivity index (χ0n) is 23.2. The summed E-state index contributed by atoms with van der Waals surface area (Å²) >= 11 is 0. The van der Waals surface area contributed by atoms with Gasteiger partial charge in [0.25, 0.3) is 0 Å². The van der Waals surface area contributed by atoms with Crippen LogP contribution in [-0.2, 0) is 20.9 Å². The second-order valence-corrected chi connectivity index (χ2v) is 7.94. The maximum absolute atomic E-state index is 12.7. The fraction of sp³-hybridized carbons (Fsp3) is 0.417. The highest BCUT2D eigenvalue weighted by Gasteiger charge is 2.53. The van der Waals surface area contributed by atoms with Crippen LogP contribution in [0.1, 0.15) is 50.8 Å². The second-order valence-electron chi connectivity index (χ2n) is 7.94. The molecule has 0 atom stereocenters. The standard InChI is InChI=1S/C24H26O7/c1-14(2)31-23(26)24(9-10-24)13-30-20-17(7-8-19(27-3)21(20)28-4)15-5-6-18-16(11-15)12-29-22(18)25/h5-8,11,14H,9-10,12-13H2,1-4H3/i3D3,4D3. The van der Waals surface area contributed by atoms with Crippen LogP contribution in [0.5, 0.6) is 17.2 Å². The quantitative estimate of drug-likeness (QED) is 0.580. The minimum atomic E-state index is -2.98. The van der Waals surface area contributed by atoms with Gasteiger partial charge < -0.3 is 23.7 Å². The molecule has 0 spiro atoms. The summed E-state index contributed by atoms with van der Waals surface area (Å²) in [6.45, 7) is 3.37. The van der Waals surface area contributed by atoms with Gasteiger partial charge in [0.1, 0.15) is 18.6 Å². The molecule has 1 heterocycles. The molecule has 31 heavy (non-hydrogen) atoms. The Morgan fingerprint density at radius 2 is 1.90 bits per heavy atom. The van der Waals surface area contributed by atoms with Crippen LogP contribution in [0, 0.1) is 5.41 Å². The number of benzene rings is 2. The van der Waals surface area contributed by atoms with Gasteiger partial charge in [-0.25, -0.2) is 4.79 Å². The van der Waals surface area contributed by atoms with Crippen molar-refractivity contribution in [3.8, 4) is 28.4 Å². The molecule has 0 aromatic heterocycles. The van der Waals surface area contributed by atoms with E-state index < -0.39 is 37.2 Å². The van der Waals surface area contributed by atoms with E-state index in [1.807, 2.05) is 0 Å². The van der Waals surface area contributed by atoms with Gasteiger partial charge >= 0.3 is 11.9 Å². The van der Waals surface area contributed by atoms with E-state index >= 15 is 0 Å². The smallest absolute Gasteiger partial charge is 0.338 e. The maximum atomic E-state index is 12.7. The van der Waals surface area contributed by atoms with Crippen LogP contribution in [0.15, 0.2) is 30.3 Å². The van der Waals surface area contributed by atoms with Crippen molar-refractivity contribution >= 4 is 11.9 Å². The molecule has 2 aliphatic rings. The number of methoxy groups -OCH3 is 2. The average Bonchev–Trinajstić information content (AvgIpc) is 3.48. The molecule has 7 nitrogen and oxygen atoms in total. The Morgan fingerprint density at radius 3 is 2.61 bits per heavy atom. The van der Waals surface area contributed by atoms with Gasteiger partial charge in [0.05, 0.1) is 34.0 Å². The van der Waals surface area contributed by atoms with Gasteiger partial charge in [0, 0.05) is 11.1 Å². The Labute approximate surface area is 189 Å². The van der Waals surface area contributed by atoms with Crippen LogP contribution >= 0.6 is 0 Å².